The fraction of sp³-hybridized carbons (Fsp3) is 0.308. The Morgan fingerprint density at radius 2 is 1.67 bits per heavy atom. The fourth-order valence-corrected chi connectivity index (χ4v) is 1.44. The van der Waals surface area contributed by atoms with Crippen LogP contribution >= 0.6 is 0 Å². The maximum atomic E-state index is 10.9. The van der Waals surface area contributed by atoms with Gasteiger partial charge in [-0.05, 0) is 18.6 Å². The largest absolute Gasteiger partial charge is 0.481 e. The number of hydrogen-bond acceptors (Lipinski definition) is 3. The van der Waals surface area contributed by atoms with Crippen molar-refractivity contribution in [3.8, 4) is 0 Å². The van der Waals surface area contributed by atoms with E-state index in [4.69, 9.17) is 5.11 Å². The van der Waals surface area contributed by atoms with Crippen molar-refractivity contribution in [1.82, 2.24) is 5.32 Å². The van der Waals surface area contributed by atoms with Crippen LogP contribution in [0.5, 0.6) is 0 Å². The van der Waals surface area contributed by atoms with E-state index in [0.717, 1.165) is 12.8 Å². The zero-order valence-corrected chi connectivity index (χ0v) is 10.1. The van der Waals surface area contributed by atoms with Crippen molar-refractivity contribution in [3.63, 3.8) is 0 Å². The SMILES string of the molecule is CCCCC(=O)O.O=C1NC(=O)c2ccccc21. The Kier molecular flexibility index (Phi) is 5.05. The van der Waals surface area contributed by atoms with Crippen molar-refractivity contribution in [1.29, 1.82) is 0 Å². The summed E-state index contributed by atoms with van der Waals surface area (Å²) in [4.78, 5) is 31.6. The fourth-order valence-electron chi connectivity index (χ4n) is 1.44. The summed E-state index contributed by atoms with van der Waals surface area (Å²) in [5.41, 5.74) is 0.940. The van der Waals surface area contributed by atoms with Gasteiger partial charge in [-0.1, -0.05) is 25.5 Å². The predicted octanol–water partition coefficient (Wildman–Crippen LogP) is 1.83. The van der Waals surface area contributed by atoms with E-state index in [-0.39, 0.29) is 11.8 Å². The molecule has 0 bridgehead atoms. The van der Waals surface area contributed by atoms with Crippen molar-refractivity contribution >= 4 is 17.8 Å². The van der Waals surface area contributed by atoms with E-state index in [1.165, 1.54) is 0 Å². The molecule has 1 aliphatic rings. The van der Waals surface area contributed by atoms with Crippen LogP contribution in [-0.4, -0.2) is 22.9 Å². The molecule has 1 heterocycles. The normalized spacial score (nSPS) is 12.3. The highest BCUT2D eigenvalue weighted by Crippen LogP contribution is 2.13. The minimum atomic E-state index is -0.693. The molecule has 18 heavy (non-hydrogen) atoms. The molecule has 5 nitrogen and oxygen atoms in total. The summed E-state index contributed by atoms with van der Waals surface area (Å²) in [6, 6.07) is 6.74. The average molecular weight is 249 g/mol. The van der Waals surface area contributed by atoms with Gasteiger partial charge in [0.2, 0.25) is 0 Å². The van der Waals surface area contributed by atoms with Crippen LogP contribution in [0.3, 0.4) is 0 Å². The van der Waals surface area contributed by atoms with Gasteiger partial charge in [-0.25, -0.2) is 0 Å². The van der Waals surface area contributed by atoms with E-state index in [0.29, 0.717) is 17.5 Å². The number of carboxylic acids is 1. The summed E-state index contributed by atoms with van der Waals surface area (Å²) in [6.45, 7) is 1.98. The summed E-state index contributed by atoms with van der Waals surface area (Å²) in [6.07, 6.45) is 2.08. The summed E-state index contributed by atoms with van der Waals surface area (Å²) in [5, 5.41) is 10.2. The van der Waals surface area contributed by atoms with Crippen molar-refractivity contribution < 1.29 is 19.5 Å². The van der Waals surface area contributed by atoms with Crippen LogP contribution in [0.25, 0.3) is 0 Å². The Bertz CT molecular complexity index is 435. The molecule has 0 spiro atoms. The van der Waals surface area contributed by atoms with Crippen LogP contribution in [-0.2, 0) is 4.79 Å². The topological polar surface area (TPSA) is 83.5 Å². The zero-order chi connectivity index (χ0) is 13.5. The highest BCUT2D eigenvalue weighted by molar-refractivity contribution is 6.21. The minimum Gasteiger partial charge on any atom is -0.481 e. The first-order valence-corrected chi connectivity index (χ1v) is 5.72. The Labute approximate surface area is 105 Å². The number of hydrogen-bond donors (Lipinski definition) is 2. The number of aliphatic carboxylic acids is 1. The molecule has 0 unspecified atom stereocenters. The first-order valence-electron chi connectivity index (χ1n) is 5.72. The van der Waals surface area contributed by atoms with Gasteiger partial charge < -0.3 is 5.11 Å². The molecule has 5 heteroatoms. The second-order valence-corrected chi connectivity index (χ2v) is 3.83. The van der Waals surface area contributed by atoms with Gasteiger partial charge in [-0.2, -0.15) is 0 Å². The predicted molar refractivity (Wildman–Crippen MR) is 65.4 cm³/mol. The van der Waals surface area contributed by atoms with Crippen molar-refractivity contribution in [2.45, 2.75) is 26.2 Å². The van der Waals surface area contributed by atoms with E-state index < -0.39 is 5.97 Å². The van der Waals surface area contributed by atoms with Crippen LogP contribution in [0.4, 0.5) is 0 Å². The molecule has 2 N–H and O–H groups in total. The van der Waals surface area contributed by atoms with Crippen molar-refractivity contribution in [3.05, 3.63) is 35.4 Å². The molecule has 1 aliphatic heterocycles. The Morgan fingerprint density at radius 1 is 1.17 bits per heavy atom. The molecule has 0 fully saturated rings. The zero-order valence-electron chi connectivity index (χ0n) is 10.1. The number of carboxylic acid groups (broad SMARTS) is 1. The van der Waals surface area contributed by atoms with E-state index in [2.05, 4.69) is 5.32 Å². The summed E-state index contributed by atoms with van der Waals surface area (Å²) in [7, 11) is 0. The Morgan fingerprint density at radius 3 is 2.00 bits per heavy atom. The van der Waals surface area contributed by atoms with Gasteiger partial charge >= 0.3 is 5.97 Å². The maximum Gasteiger partial charge on any atom is 0.303 e. The summed E-state index contributed by atoms with van der Waals surface area (Å²) < 4.78 is 0. The Hall–Kier alpha value is -2.17. The van der Waals surface area contributed by atoms with Gasteiger partial charge in [0.15, 0.2) is 0 Å². The third-order valence-corrected chi connectivity index (χ3v) is 2.39. The summed E-state index contributed by atoms with van der Waals surface area (Å²) in [5.74, 6) is -1.29. The molecule has 2 rings (SSSR count). The number of benzene rings is 1. The molecular weight excluding hydrogens is 234 g/mol. The van der Waals surface area contributed by atoms with Crippen LogP contribution < -0.4 is 5.32 Å². The summed E-state index contributed by atoms with van der Waals surface area (Å²) >= 11 is 0. The van der Waals surface area contributed by atoms with Crippen LogP contribution in [0.15, 0.2) is 24.3 Å². The molecular formula is C13H15NO4. The van der Waals surface area contributed by atoms with Crippen molar-refractivity contribution in [2.75, 3.05) is 0 Å². The standard InChI is InChI=1S/C8H5NO2.C5H10O2/c10-7-5-3-1-2-4-6(5)8(11)9-7;1-2-3-4-5(6)7/h1-4H,(H,9,10,11);2-4H2,1H3,(H,6,7). The van der Waals surface area contributed by atoms with Gasteiger partial charge in [0.1, 0.15) is 0 Å². The lowest BCUT2D eigenvalue weighted by atomic mass is 10.1. The second kappa shape index (κ2) is 6.54. The number of rotatable bonds is 3. The minimum absolute atomic E-state index is 0.300. The van der Waals surface area contributed by atoms with Gasteiger partial charge in [0.05, 0.1) is 11.1 Å². The van der Waals surface area contributed by atoms with E-state index in [9.17, 15) is 14.4 Å². The quantitative estimate of drug-likeness (QED) is 0.800. The first kappa shape index (κ1) is 13.9. The number of carbonyl (C=O) groups is 3. The molecule has 1 aromatic carbocycles. The second-order valence-electron chi connectivity index (χ2n) is 3.83. The highest BCUT2D eigenvalue weighted by Gasteiger charge is 2.25. The number of nitrogens with one attached hydrogen (secondary N) is 1. The monoisotopic (exact) mass is 249 g/mol. The molecule has 1 aromatic rings. The lowest BCUT2D eigenvalue weighted by Crippen LogP contribution is -2.19. The van der Waals surface area contributed by atoms with Crippen molar-refractivity contribution in [2.24, 2.45) is 0 Å². The molecule has 0 saturated heterocycles. The number of fused-ring (bicyclic) bond motifs is 1. The number of unbranched alkanes of at least 4 members (excludes halogenated alkanes) is 1. The van der Waals surface area contributed by atoms with E-state index in [1.807, 2.05) is 6.92 Å². The molecule has 0 aromatic heterocycles. The van der Waals surface area contributed by atoms with E-state index in [1.54, 1.807) is 24.3 Å². The Balaban J connectivity index is 0.000000203. The lowest BCUT2D eigenvalue weighted by Gasteiger charge is -1.88. The molecule has 0 atom stereocenters. The molecule has 0 radical (unpaired) electrons. The first-order chi connectivity index (χ1) is 8.56. The average Bonchev–Trinajstić information content (AvgIpc) is 2.64. The number of amides is 2. The third-order valence-electron chi connectivity index (χ3n) is 2.39. The number of imide groups is 1. The number of carbonyl (C=O) groups excluding carboxylic acids is 2. The molecule has 0 aliphatic carbocycles. The third kappa shape index (κ3) is 3.69. The van der Waals surface area contributed by atoms with Gasteiger partial charge in [-0.3, -0.25) is 19.7 Å². The molecule has 96 valence electrons. The van der Waals surface area contributed by atoms with Crippen LogP contribution in [0.1, 0.15) is 46.9 Å². The van der Waals surface area contributed by atoms with Gasteiger partial charge in [0, 0.05) is 6.42 Å². The van der Waals surface area contributed by atoms with Crippen LogP contribution in [0, 0.1) is 0 Å². The van der Waals surface area contributed by atoms with Gasteiger partial charge in [-0.15, -0.1) is 0 Å². The van der Waals surface area contributed by atoms with Gasteiger partial charge in [0.25, 0.3) is 11.8 Å². The highest BCUT2D eigenvalue weighted by atomic mass is 16.4. The van der Waals surface area contributed by atoms with Crippen LogP contribution in [0.2, 0.25) is 0 Å². The molecule has 2 amide bonds. The lowest BCUT2D eigenvalue weighted by molar-refractivity contribution is -0.137. The maximum absolute atomic E-state index is 10.9. The smallest absolute Gasteiger partial charge is 0.303 e. The molecule has 0 saturated carbocycles. The van der Waals surface area contributed by atoms with E-state index >= 15 is 0 Å².